The van der Waals surface area contributed by atoms with Gasteiger partial charge >= 0.3 is 0 Å². The van der Waals surface area contributed by atoms with Crippen molar-refractivity contribution in [2.75, 3.05) is 6.54 Å². The Morgan fingerprint density at radius 3 is 2.53 bits per heavy atom. The normalized spacial score (nSPS) is 10.8. The summed E-state index contributed by atoms with van der Waals surface area (Å²) in [5, 5.41) is 7.11. The molecule has 2 rings (SSSR count). The molecule has 0 saturated carbocycles. The van der Waals surface area contributed by atoms with Crippen molar-refractivity contribution >= 4 is 0 Å². The molecule has 0 bridgehead atoms. The van der Waals surface area contributed by atoms with Crippen LogP contribution in [0.5, 0.6) is 0 Å². The molecular formula is C13H17N3O. The van der Waals surface area contributed by atoms with Crippen LogP contribution in [-0.4, -0.2) is 16.7 Å². The highest BCUT2D eigenvalue weighted by Crippen LogP contribution is 2.20. The number of aromatic nitrogens is 2. The second kappa shape index (κ2) is 5.10. The van der Waals surface area contributed by atoms with E-state index in [1.165, 1.54) is 11.1 Å². The van der Waals surface area contributed by atoms with Gasteiger partial charge in [0.2, 0.25) is 0 Å². The van der Waals surface area contributed by atoms with Crippen LogP contribution in [0.4, 0.5) is 0 Å². The summed E-state index contributed by atoms with van der Waals surface area (Å²) in [6, 6.07) is 6.23. The Hall–Kier alpha value is -1.68. The molecule has 0 fully saturated rings. The highest BCUT2D eigenvalue weighted by molar-refractivity contribution is 5.55. The topological polar surface area (TPSA) is 51.0 Å². The Kier molecular flexibility index (Phi) is 3.54. The van der Waals surface area contributed by atoms with E-state index in [0.29, 0.717) is 18.3 Å². The van der Waals surface area contributed by atoms with Crippen LogP contribution < -0.4 is 5.32 Å². The standard InChI is InChI=1S/C13H17N3O/c1-4-14-8-12-15-13(17-16-12)11-6-9(2)5-10(3)7-11/h5-7,14H,4,8H2,1-3H3. The maximum absolute atomic E-state index is 5.26. The molecule has 4 heteroatoms. The Morgan fingerprint density at radius 1 is 1.18 bits per heavy atom. The summed E-state index contributed by atoms with van der Waals surface area (Å²) in [6.45, 7) is 7.71. The van der Waals surface area contributed by atoms with Gasteiger partial charge in [-0.15, -0.1) is 0 Å². The third kappa shape index (κ3) is 2.91. The highest BCUT2D eigenvalue weighted by Gasteiger charge is 2.08. The average Bonchev–Trinajstić information content (AvgIpc) is 2.73. The molecule has 0 aliphatic heterocycles. The van der Waals surface area contributed by atoms with E-state index in [0.717, 1.165) is 12.1 Å². The van der Waals surface area contributed by atoms with Crippen LogP contribution in [0, 0.1) is 13.8 Å². The maximum atomic E-state index is 5.26. The first kappa shape index (κ1) is 11.8. The minimum atomic E-state index is 0.588. The number of hydrogen-bond donors (Lipinski definition) is 1. The minimum absolute atomic E-state index is 0.588. The van der Waals surface area contributed by atoms with Crippen molar-refractivity contribution < 1.29 is 4.52 Å². The quantitative estimate of drug-likeness (QED) is 0.878. The van der Waals surface area contributed by atoms with Gasteiger partial charge in [-0.1, -0.05) is 29.3 Å². The number of benzene rings is 1. The van der Waals surface area contributed by atoms with Crippen molar-refractivity contribution in [1.29, 1.82) is 0 Å². The van der Waals surface area contributed by atoms with Gasteiger partial charge < -0.3 is 9.84 Å². The lowest BCUT2D eigenvalue weighted by Crippen LogP contribution is -2.12. The Bertz CT molecular complexity index is 485. The molecule has 1 aromatic heterocycles. The van der Waals surface area contributed by atoms with Crippen molar-refractivity contribution in [3.63, 3.8) is 0 Å². The van der Waals surface area contributed by atoms with E-state index < -0.39 is 0 Å². The van der Waals surface area contributed by atoms with Crippen molar-refractivity contribution in [2.24, 2.45) is 0 Å². The van der Waals surface area contributed by atoms with E-state index in [-0.39, 0.29) is 0 Å². The summed E-state index contributed by atoms with van der Waals surface area (Å²) in [6.07, 6.45) is 0. The summed E-state index contributed by atoms with van der Waals surface area (Å²) in [4.78, 5) is 4.36. The van der Waals surface area contributed by atoms with Crippen molar-refractivity contribution in [1.82, 2.24) is 15.5 Å². The van der Waals surface area contributed by atoms with E-state index >= 15 is 0 Å². The summed E-state index contributed by atoms with van der Waals surface area (Å²) < 4.78 is 5.26. The molecule has 1 aromatic carbocycles. The van der Waals surface area contributed by atoms with Crippen LogP contribution in [0.15, 0.2) is 22.7 Å². The molecule has 4 nitrogen and oxygen atoms in total. The fourth-order valence-corrected chi connectivity index (χ4v) is 1.78. The first-order valence-corrected chi connectivity index (χ1v) is 5.81. The second-order valence-corrected chi connectivity index (χ2v) is 4.17. The molecule has 0 aliphatic carbocycles. The zero-order chi connectivity index (χ0) is 12.3. The molecule has 0 unspecified atom stereocenters. The van der Waals surface area contributed by atoms with Gasteiger partial charge in [0.25, 0.3) is 5.89 Å². The number of hydrogen-bond acceptors (Lipinski definition) is 4. The first-order valence-electron chi connectivity index (χ1n) is 5.81. The van der Waals surface area contributed by atoms with E-state index in [4.69, 9.17) is 4.52 Å². The summed E-state index contributed by atoms with van der Waals surface area (Å²) >= 11 is 0. The monoisotopic (exact) mass is 231 g/mol. The molecule has 2 aromatic rings. The van der Waals surface area contributed by atoms with Crippen LogP contribution in [0.25, 0.3) is 11.5 Å². The van der Waals surface area contributed by atoms with E-state index in [2.05, 4.69) is 47.5 Å². The molecular weight excluding hydrogens is 214 g/mol. The molecule has 0 amide bonds. The molecule has 0 atom stereocenters. The summed E-state index contributed by atoms with van der Waals surface area (Å²) in [7, 11) is 0. The van der Waals surface area contributed by atoms with Gasteiger partial charge in [0, 0.05) is 5.56 Å². The minimum Gasteiger partial charge on any atom is -0.334 e. The van der Waals surface area contributed by atoms with Crippen molar-refractivity contribution in [3.8, 4) is 11.5 Å². The Labute approximate surface area is 101 Å². The lowest BCUT2D eigenvalue weighted by Gasteiger charge is -1.99. The van der Waals surface area contributed by atoms with Crippen LogP contribution in [0.1, 0.15) is 23.9 Å². The smallest absolute Gasteiger partial charge is 0.257 e. The third-order valence-corrected chi connectivity index (χ3v) is 2.47. The highest BCUT2D eigenvalue weighted by atomic mass is 16.5. The largest absolute Gasteiger partial charge is 0.334 e. The summed E-state index contributed by atoms with van der Waals surface area (Å²) in [5.41, 5.74) is 3.38. The lowest BCUT2D eigenvalue weighted by atomic mass is 10.1. The number of rotatable bonds is 4. The van der Waals surface area contributed by atoms with Crippen molar-refractivity contribution in [2.45, 2.75) is 27.3 Å². The van der Waals surface area contributed by atoms with Crippen molar-refractivity contribution in [3.05, 3.63) is 35.2 Å². The van der Waals surface area contributed by atoms with E-state index in [1.807, 2.05) is 6.92 Å². The van der Waals surface area contributed by atoms with Gasteiger partial charge in [-0.25, -0.2) is 0 Å². The van der Waals surface area contributed by atoms with E-state index in [9.17, 15) is 0 Å². The molecule has 1 heterocycles. The van der Waals surface area contributed by atoms with Gasteiger partial charge in [0.15, 0.2) is 5.82 Å². The van der Waals surface area contributed by atoms with Crippen LogP contribution >= 0.6 is 0 Å². The number of nitrogens with zero attached hydrogens (tertiary/aromatic N) is 2. The van der Waals surface area contributed by atoms with Gasteiger partial charge in [0.05, 0.1) is 6.54 Å². The molecule has 17 heavy (non-hydrogen) atoms. The third-order valence-electron chi connectivity index (χ3n) is 2.47. The van der Waals surface area contributed by atoms with Crippen LogP contribution in [0.2, 0.25) is 0 Å². The van der Waals surface area contributed by atoms with Gasteiger partial charge in [0.1, 0.15) is 0 Å². The molecule has 1 N–H and O–H groups in total. The van der Waals surface area contributed by atoms with Gasteiger partial charge in [-0.2, -0.15) is 4.98 Å². The predicted octanol–water partition coefficient (Wildman–Crippen LogP) is 2.46. The maximum Gasteiger partial charge on any atom is 0.257 e. The first-order chi connectivity index (χ1) is 8.19. The Morgan fingerprint density at radius 2 is 1.88 bits per heavy atom. The zero-order valence-electron chi connectivity index (χ0n) is 10.4. The molecule has 0 spiro atoms. The van der Waals surface area contributed by atoms with Crippen LogP contribution in [0.3, 0.4) is 0 Å². The molecule has 0 saturated heterocycles. The second-order valence-electron chi connectivity index (χ2n) is 4.17. The molecule has 90 valence electrons. The predicted molar refractivity (Wildman–Crippen MR) is 66.6 cm³/mol. The molecule has 0 aliphatic rings. The fraction of sp³-hybridized carbons (Fsp3) is 0.385. The molecule has 0 radical (unpaired) electrons. The zero-order valence-corrected chi connectivity index (χ0v) is 10.4. The van der Waals surface area contributed by atoms with Gasteiger partial charge in [-0.3, -0.25) is 0 Å². The number of nitrogens with one attached hydrogen (secondary N) is 1. The fourth-order valence-electron chi connectivity index (χ4n) is 1.78. The Balaban J connectivity index is 2.24. The van der Waals surface area contributed by atoms with E-state index in [1.54, 1.807) is 0 Å². The van der Waals surface area contributed by atoms with Crippen LogP contribution in [-0.2, 0) is 6.54 Å². The van der Waals surface area contributed by atoms with Gasteiger partial charge in [-0.05, 0) is 32.5 Å². The lowest BCUT2D eigenvalue weighted by molar-refractivity contribution is 0.420. The number of aryl methyl sites for hydroxylation is 2. The SMILES string of the molecule is CCNCc1noc(-c2cc(C)cc(C)c2)n1. The average molecular weight is 231 g/mol. The summed E-state index contributed by atoms with van der Waals surface area (Å²) in [5.74, 6) is 1.28.